The first-order valence-electron chi connectivity index (χ1n) is 5.72. The first-order chi connectivity index (χ1) is 8.66. The molecule has 0 bridgehead atoms. The zero-order valence-corrected chi connectivity index (χ0v) is 10.1. The Balaban J connectivity index is 1.75. The van der Waals surface area contributed by atoms with Gasteiger partial charge in [0.2, 0.25) is 12.7 Å². The van der Waals surface area contributed by atoms with Crippen LogP contribution in [0, 0.1) is 0 Å². The molecule has 0 aliphatic carbocycles. The van der Waals surface area contributed by atoms with Gasteiger partial charge in [-0.2, -0.15) is 0 Å². The second kappa shape index (κ2) is 5.59. The van der Waals surface area contributed by atoms with Gasteiger partial charge in [0.25, 0.3) is 0 Å². The second-order valence-electron chi connectivity index (χ2n) is 3.94. The fourth-order valence-corrected chi connectivity index (χ4v) is 1.47. The molecule has 0 spiro atoms. The van der Waals surface area contributed by atoms with Crippen LogP contribution in [0.25, 0.3) is 0 Å². The van der Waals surface area contributed by atoms with Crippen molar-refractivity contribution in [2.75, 3.05) is 19.9 Å². The topological polar surface area (TPSA) is 82.8 Å². The Morgan fingerprint density at radius 3 is 3.06 bits per heavy atom. The van der Waals surface area contributed by atoms with Gasteiger partial charge in [-0.15, -0.1) is 0 Å². The molecule has 1 unspecified atom stereocenters. The van der Waals surface area contributed by atoms with Gasteiger partial charge in [-0.1, -0.05) is 0 Å². The maximum absolute atomic E-state index is 11.2. The van der Waals surface area contributed by atoms with Crippen molar-refractivity contribution in [1.29, 1.82) is 0 Å². The molecular formula is C12H16N2O4. The van der Waals surface area contributed by atoms with Crippen LogP contribution in [0.3, 0.4) is 0 Å². The molecule has 0 saturated heterocycles. The average molecular weight is 252 g/mol. The van der Waals surface area contributed by atoms with Crippen LogP contribution in [0.15, 0.2) is 18.2 Å². The third kappa shape index (κ3) is 3.04. The molecule has 0 saturated carbocycles. The Kier molecular flexibility index (Phi) is 3.88. The monoisotopic (exact) mass is 252 g/mol. The number of amides is 1. The lowest BCUT2D eigenvalue weighted by atomic mass is 10.3. The predicted molar refractivity (Wildman–Crippen MR) is 64.7 cm³/mol. The lowest BCUT2D eigenvalue weighted by Crippen LogP contribution is -2.40. The number of carbonyl (C=O) groups excluding carboxylic acids is 1. The summed E-state index contributed by atoms with van der Waals surface area (Å²) >= 11 is 0. The minimum atomic E-state index is -0.504. The van der Waals surface area contributed by atoms with E-state index in [0.717, 1.165) is 0 Å². The Morgan fingerprint density at radius 1 is 1.50 bits per heavy atom. The van der Waals surface area contributed by atoms with E-state index in [-0.39, 0.29) is 12.7 Å². The molecule has 0 aromatic heterocycles. The van der Waals surface area contributed by atoms with Crippen LogP contribution in [0.4, 0.5) is 0 Å². The molecule has 6 heteroatoms. The molecule has 2 rings (SSSR count). The number of carbonyl (C=O) groups is 1. The molecule has 0 fully saturated rings. The van der Waals surface area contributed by atoms with Crippen molar-refractivity contribution in [2.24, 2.45) is 5.73 Å². The quantitative estimate of drug-likeness (QED) is 0.734. The van der Waals surface area contributed by atoms with Gasteiger partial charge >= 0.3 is 0 Å². The van der Waals surface area contributed by atoms with E-state index >= 15 is 0 Å². The lowest BCUT2D eigenvalue weighted by Gasteiger charge is -2.09. The van der Waals surface area contributed by atoms with E-state index in [2.05, 4.69) is 5.32 Å². The summed E-state index contributed by atoms with van der Waals surface area (Å²) in [5.74, 6) is 1.87. The standard InChI is InChI=1S/C12H16N2O4/c1-8(13)12(15)14-4-5-16-9-2-3-10-11(6-9)18-7-17-10/h2-3,6,8H,4-5,7,13H2,1H3,(H,14,15). The molecule has 0 radical (unpaired) electrons. The highest BCUT2D eigenvalue weighted by molar-refractivity contribution is 5.80. The van der Waals surface area contributed by atoms with Gasteiger partial charge < -0.3 is 25.3 Å². The van der Waals surface area contributed by atoms with Crippen LogP contribution in [0.5, 0.6) is 17.2 Å². The molecule has 1 atom stereocenters. The average Bonchev–Trinajstić information content (AvgIpc) is 2.81. The van der Waals surface area contributed by atoms with Gasteiger partial charge in [0, 0.05) is 6.07 Å². The maximum Gasteiger partial charge on any atom is 0.236 e. The third-order valence-electron chi connectivity index (χ3n) is 2.43. The van der Waals surface area contributed by atoms with E-state index in [9.17, 15) is 4.79 Å². The highest BCUT2D eigenvalue weighted by atomic mass is 16.7. The van der Waals surface area contributed by atoms with Crippen LogP contribution in [0.2, 0.25) is 0 Å². The van der Waals surface area contributed by atoms with Gasteiger partial charge in [-0.25, -0.2) is 0 Å². The van der Waals surface area contributed by atoms with Crippen molar-refractivity contribution in [2.45, 2.75) is 13.0 Å². The van der Waals surface area contributed by atoms with Gasteiger partial charge in [0.05, 0.1) is 12.6 Å². The molecule has 1 amide bonds. The molecular weight excluding hydrogens is 236 g/mol. The summed E-state index contributed by atoms with van der Waals surface area (Å²) in [6.45, 7) is 2.66. The van der Waals surface area contributed by atoms with Crippen molar-refractivity contribution in [1.82, 2.24) is 5.32 Å². The van der Waals surface area contributed by atoms with Crippen molar-refractivity contribution in [3.63, 3.8) is 0 Å². The van der Waals surface area contributed by atoms with E-state index in [1.807, 2.05) is 0 Å². The zero-order valence-electron chi connectivity index (χ0n) is 10.1. The first-order valence-corrected chi connectivity index (χ1v) is 5.72. The number of ether oxygens (including phenoxy) is 3. The van der Waals surface area contributed by atoms with Crippen LogP contribution in [-0.2, 0) is 4.79 Å². The first kappa shape index (κ1) is 12.5. The van der Waals surface area contributed by atoms with E-state index in [1.54, 1.807) is 25.1 Å². The van der Waals surface area contributed by atoms with Crippen LogP contribution in [-0.4, -0.2) is 31.9 Å². The molecule has 1 aliphatic heterocycles. The highest BCUT2D eigenvalue weighted by Gasteiger charge is 2.13. The Morgan fingerprint density at radius 2 is 2.28 bits per heavy atom. The zero-order chi connectivity index (χ0) is 13.0. The minimum Gasteiger partial charge on any atom is -0.492 e. The predicted octanol–water partition coefficient (Wildman–Crippen LogP) is 0.257. The number of hydrogen-bond acceptors (Lipinski definition) is 5. The lowest BCUT2D eigenvalue weighted by molar-refractivity contribution is -0.122. The van der Waals surface area contributed by atoms with E-state index in [1.165, 1.54) is 0 Å². The fraction of sp³-hybridized carbons (Fsp3) is 0.417. The molecule has 1 aliphatic rings. The van der Waals surface area contributed by atoms with Gasteiger partial charge in [-0.3, -0.25) is 4.79 Å². The maximum atomic E-state index is 11.2. The number of nitrogens with two attached hydrogens (primary N) is 1. The van der Waals surface area contributed by atoms with E-state index < -0.39 is 6.04 Å². The molecule has 1 aromatic rings. The van der Waals surface area contributed by atoms with Crippen LogP contribution >= 0.6 is 0 Å². The summed E-state index contributed by atoms with van der Waals surface area (Å²) in [4.78, 5) is 11.2. The molecule has 18 heavy (non-hydrogen) atoms. The number of rotatable bonds is 5. The van der Waals surface area contributed by atoms with Crippen LogP contribution in [0.1, 0.15) is 6.92 Å². The summed E-state index contributed by atoms with van der Waals surface area (Å²) in [6, 6.07) is 4.84. The van der Waals surface area contributed by atoms with Gasteiger partial charge in [0.1, 0.15) is 12.4 Å². The van der Waals surface area contributed by atoms with Crippen molar-refractivity contribution >= 4 is 5.91 Å². The largest absolute Gasteiger partial charge is 0.492 e. The Bertz CT molecular complexity index is 434. The summed E-state index contributed by atoms with van der Waals surface area (Å²) in [5, 5.41) is 2.66. The SMILES string of the molecule is CC(N)C(=O)NCCOc1ccc2c(c1)OCO2. The minimum absolute atomic E-state index is 0.190. The molecule has 1 heterocycles. The number of hydrogen-bond donors (Lipinski definition) is 2. The number of fused-ring (bicyclic) bond motifs is 1. The molecule has 6 nitrogen and oxygen atoms in total. The van der Waals surface area contributed by atoms with Crippen molar-refractivity contribution < 1.29 is 19.0 Å². The van der Waals surface area contributed by atoms with Gasteiger partial charge in [-0.05, 0) is 19.1 Å². The second-order valence-corrected chi connectivity index (χ2v) is 3.94. The summed E-state index contributed by atoms with van der Waals surface area (Å²) < 4.78 is 15.9. The fourth-order valence-electron chi connectivity index (χ4n) is 1.47. The summed E-state index contributed by atoms with van der Waals surface area (Å²) in [7, 11) is 0. The highest BCUT2D eigenvalue weighted by Crippen LogP contribution is 2.34. The number of nitrogens with one attached hydrogen (secondary N) is 1. The molecule has 3 N–H and O–H groups in total. The van der Waals surface area contributed by atoms with Crippen molar-refractivity contribution in [3.05, 3.63) is 18.2 Å². The van der Waals surface area contributed by atoms with E-state index in [4.69, 9.17) is 19.9 Å². The molecule has 98 valence electrons. The Labute approximate surface area is 105 Å². The van der Waals surface area contributed by atoms with E-state index in [0.29, 0.717) is 30.4 Å². The third-order valence-corrected chi connectivity index (χ3v) is 2.43. The molecule has 1 aromatic carbocycles. The number of benzene rings is 1. The normalized spacial score (nSPS) is 14.1. The Hall–Kier alpha value is -1.95. The van der Waals surface area contributed by atoms with Crippen molar-refractivity contribution in [3.8, 4) is 17.2 Å². The summed E-state index contributed by atoms with van der Waals surface area (Å²) in [6.07, 6.45) is 0. The smallest absolute Gasteiger partial charge is 0.236 e. The summed E-state index contributed by atoms with van der Waals surface area (Å²) in [5.41, 5.74) is 5.41. The van der Waals surface area contributed by atoms with Crippen LogP contribution < -0.4 is 25.3 Å². The van der Waals surface area contributed by atoms with Gasteiger partial charge in [0.15, 0.2) is 11.5 Å².